The minimum absolute atomic E-state index is 0.0750. The van der Waals surface area contributed by atoms with E-state index >= 15 is 0 Å². The van der Waals surface area contributed by atoms with E-state index < -0.39 is 0 Å². The second-order valence-corrected chi connectivity index (χ2v) is 4.32. The smallest absolute Gasteiger partial charge is 0.225 e. The highest BCUT2D eigenvalue weighted by Crippen LogP contribution is 2.29. The van der Waals surface area contributed by atoms with Crippen molar-refractivity contribution in [3.8, 4) is 5.75 Å². The molecule has 0 saturated heterocycles. The molecule has 0 heterocycles. The second-order valence-electron chi connectivity index (χ2n) is 4.32. The maximum Gasteiger partial charge on any atom is 0.225 e. The standard InChI is InChI=1S/C13H20N2O2/c1-8-5-6-11(10(3)13(8)17-4)15-12(16)7-9(2)14/h5-6,9H,7,14H2,1-4H3,(H,15,16). The van der Waals surface area contributed by atoms with Crippen molar-refractivity contribution >= 4 is 11.6 Å². The molecule has 0 radical (unpaired) electrons. The molecular formula is C13H20N2O2. The van der Waals surface area contributed by atoms with Crippen LogP contribution in [0.1, 0.15) is 24.5 Å². The van der Waals surface area contributed by atoms with Crippen LogP contribution in [0.3, 0.4) is 0 Å². The van der Waals surface area contributed by atoms with Gasteiger partial charge in [0.2, 0.25) is 5.91 Å². The third kappa shape index (κ3) is 3.46. The van der Waals surface area contributed by atoms with Gasteiger partial charge < -0.3 is 15.8 Å². The molecule has 0 aromatic heterocycles. The van der Waals surface area contributed by atoms with Gasteiger partial charge in [0.1, 0.15) is 5.75 Å². The molecule has 0 bridgehead atoms. The molecular weight excluding hydrogens is 216 g/mol. The van der Waals surface area contributed by atoms with Crippen LogP contribution in [0.5, 0.6) is 5.75 Å². The molecule has 1 amide bonds. The van der Waals surface area contributed by atoms with Crippen molar-refractivity contribution < 1.29 is 9.53 Å². The fraction of sp³-hybridized carbons (Fsp3) is 0.462. The van der Waals surface area contributed by atoms with Crippen molar-refractivity contribution in [2.45, 2.75) is 33.2 Å². The van der Waals surface area contributed by atoms with E-state index in [0.717, 1.165) is 22.6 Å². The van der Waals surface area contributed by atoms with Gasteiger partial charge in [-0.3, -0.25) is 4.79 Å². The van der Waals surface area contributed by atoms with Crippen molar-refractivity contribution in [2.24, 2.45) is 5.73 Å². The van der Waals surface area contributed by atoms with E-state index in [4.69, 9.17) is 10.5 Å². The molecule has 1 atom stereocenters. The number of aryl methyl sites for hydroxylation is 1. The lowest BCUT2D eigenvalue weighted by atomic mass is 10.1. The molecule has 1 aromatic rings. The number of benzene rings is 1. The molecule has 0 aliphatic rings. The number of ether oxygens (including phenoxy) is 1. The average molecular weight is 236 g/mol. The van der Waals surface area contributed by atoms with Gasteiger partial charge in [-0.1, -0.05) is 6.07 Å². The lowest BCUT2D eigenvalue weighted by molar-refractivity contribution is -0.116. The zero-order valence-corrected chi connectivity index (χ0v) is 10.8. The van der Waals surface area contributed by atoms with Gasteiger partial charge in [0, 0.05) is 23.7 Å². The lowest BCUT2D eigenvalue weighted by Crippen LogP contribution is -2.24. The first-order chi connectivity index (χ1) is 7.95. The number of nitrogens with two attached hydrogens (primary N) is 1. The average Bonchev–Trinajstić information content (AvgIpc) is 2.22. The quantitative estimate of drug-likeness (QED) is 0.840. The second kappa shape index (κ2) is 5.68. The molecule has 0 spiro atoms. The lowest BCUT2D eigenvalue weighted by Gasteiger charge is -2.14. The Morgan fingerprint density at radius 2 is 2.12 bits per heavy atom. The van der Waals surface area contributed by atoms with E-state index in [2.05, 4.69) is 5.32 Å². The Balaban J connectivity index is 2.89. The van der Waals surface area contributed by atoms with E-state index in [1.807, 2.05) is 32.9 Å². The van der Waals surface area contributed by atoms with Crippen LogP contribution in [0, 0.1) is 13.8 Å². The fourth-order valence-corrected chi connectivity index (χ4v) is 1.77. The van der Waals surface area contributed by atoms with Gasteiger partial charge in [-0.15, -0.1) is 0 Å². The molecule has 3 N–H and O–H groups in total. The van der Waals surface area contributed by atoms with Crippen LogP contribution >= 0.6 is 0 Å². The Bertz CT molecular complexity index is 414. The van der Waals surface area contributed by atoms with Crippen molar-refractivity contribution in [3.05, 3.63) is 23.3 Å². The summed E-state index contributed by atoms with van der Waals surface area (Å²) < 4.78 is 5.30. The Hall–Kier alpha value is -1.55. The van der Waals surface area contributed by atoms with Gasteiger partial charge in [0.15, 0.2) is 0 Å². The van der Waals surface area contributed by atoms with Gasteiger partial charge in [-0.2, -0.15) is 0 Å². The van der Waals surface area contributed by atoms with Gasteiger partial charge >= 0.3 is 0 Å². The van der Waals surface area contributed by atoms with Gasteiger partial charge in [-0.05, 0) is 32.4 Å². The minimum atomic E-state index is -0.136. The van der Waals surface area contributed by atoms with E-state index in [9.17, 15) is 4.79 Å². The molecule has 94 valence electrons. The Morgan fingerprint density at radius 1 is 1.47 bits per heavy atom. The van der Waals surface area contributed by atoms with Crippen LogP contribution < -0.4 is 15.8 Å². The zero-order valence-electron chi connectivity index (χ0n) is 10.8. The predicted octanol–water partition coefficient (Wildman–Crippen LogP) is 1.99. The first-order valence-electron chi connectivity index (χ1n) is 5.65. The number of rotatable bonds is 4. The van der Waals surface area contributed by atoms with E-state index in [-0.39, 0.29) is 11.9 Å². The Kier molecular flexibility index (Phi) is 4.52. The van der Waals surface area contributed by atoms with E-state index in [1.54, 1.807) is 7.11 Å². The van der Waals surface area contributed by atoms with E-state index in [1.165, 1.54) is 0 Å². The fourth-order valence-electron chi connectivity index (χ4n) is 1.77. The third-order valence-corrected chi connectivity index (χ3v) is 2.59. The highest BCUT2D eigenvalue weighted by Gasteiger charge is 2.11. The van der Waals surface area contributed by atoms with Crippen molar-refractivity contribution in [3.63, 3.8) is 0 Å². The number of nitrogens with one attached hydrogen (secondary N) is 1. The molecule has 1 unspecified atom stereocenters. The Labute approximate surface area is 102 Å². The van der Waals surface area contributed by atoms with Crippen LogP contribution in [-0.2, 0) is 4.79 Å². The maximum absolute atomic E-state index is 11.6. The topological polar surface area (TPSA) is 64.3 Å². The number of amides is 1. The molecule has 0 aliphatic carbocycles. The summed E-state index contributed by atoms with van der Waals surface area (Å²) in [6.45, 7) is 5.70. The van der Waals surface area contributed by atoms with Crippen LogP contribution in [0.15, 0.2) is 12.1 Å². The van der Waals surface area contributed by atoms with Crippen molar-refractivity contribution in [2.75, 3.05) is 12.4 Å². The summed E-state index contributed by atoms with van der Waals surface area (Å²) in [6, 6.07) is 3.67. The molecule has 0 saturated carbocycles. The number of methoxy groups -OCH3 is 1. The highest BCUT2D eigenvalue weighted by atomic mass is 16.5. The SMILES string of the molecule is COc1c(C)ccc(NC(=O)CC(C)N)c1C. The summed E-state index contributed by atoms with van der Waals surface area (Å²) in [5.41, 5.74) is 8.34. The molecule has 4 nitrogen and oxygen atoms in total. The van der Waals surface area contributed by atoms with Crippen LogP contribution in [0.4, 0.5) is 5.69 Å². The first kappa shape index (κ1) is 13.5. The normalized spacial score (nSPS) is 12.1. The Morgan fingerprint density at radius 3 is 2.65 bits per heavy atom. The predicted molar refractivity (Wildman–Crippen MR) is 69.4 cm³/mol. The number of carbonyl (C=O) groups excluding carboxylic acids is 1. The van der Waals surface area contributed by atoms with Crippen LogP contribution in [-0.4, -0.2) is 19.1 Å². The first-order valence-corrected chi connectivity index (χ1v) is 5.65. The van der Waals surface area contributed by atoms with Gasteiger partial charge in [-0.25, -0.2) is 0 Å². The summed E-state index contributed by atoms with van der Waals surface area (Å²) in [7, 11) is 1.63. The van der Waals surface area contributed by atoms with Crippen LogP contribution in [0.2, 0.25) is 0 Å². The molecule has 17 heavy (non-hydrogen) atoms. The van der Waals surface area contributed by atoms with E-state index in [0.29, 0.717) is 6.42 Å². The van der Waals surface area contributed by atoms with Crippen molar-refractivity contribution in [1.29, 1.82) is 0 Å². The van der Waals surface area contributed by atoms with Gasteiger partial charge in [0.05, 0.1) is 7.11 Å². The molecule has 0 aliphatic heterocycles. The number of anilines is 1. The number of carbonyl (C=O) groups is 1. The monoisotopic (exact) mass is 236 g/mol. The largest absolute Gasteiger partial charge is 0.496 e. The van der Waals surface area contributed by atoms with Crippen molar-refractivity contribution in [1.82, 2.24) is 0 Å². The maximum atomic E-state index is 11.6. The number of hydrogen-bond donors (Lipinski definition) is 2. The molecule has 0 fully saturated rings. The van der Waals surface area contributed by atoms with Gasteiger partial charge in [0.25, 0.3) is 0 Å². The summed E-state index contributed by atoms with van der Waals surface area (Å²) in [4.78, 5) is 11.6. The number of hydrogen-bond acceptors (Lipinski definition) is 3. The summed E-state index contributed by atoms with van der Waals surface area (Å²) in [6.07, 6.45) is 0.315. The highest BCUT2D eigenvalue weighted by molar-refractivity contribution is 5.92. The summed E-state index contributed by atoms with van der Waals surface area (Å²) >= 11 is 0. The zero-order chi connectivity index (χ0) is 13.0. The van der Waals surface area contributed by atoms with Crippen LogP contribution in [0.25, 0.3) is 0 Å². The summed E-state index contributed by atoms with van der Waals surface area (Å²) in [5.74, 6) is 0.734. The summed E-state index contributed by atoms with van der Waals surface area (Å²) in [5, 5.41) is 2.84. The third-order valence-electron chi connectivity index (χ3n) is 2.59. The molecule has 1 rings (SSSR count). The molecule has 1 aromatic carbocycles. The minimum Gasteiger partial charge on any atom is -0.496 e. The molecule has 4 heteroatoms.